The summed E-state index contributed by atoms with van der Waals surface area (Å²) in [5.41, 5.74) is 0.595. The maximum Gasteiger partial charge on any atom is 0.253 e. The van der Waals surface area contributed by atoms with Crippen LogP contribution in [-0.4, -0.2) is 16.2 Å². The molecule has 5 heteroatoms. The van der Waals surface area contributed by atoms with Gasteiger partial charge in [-0.05, 0) is 19.1 Å². The maximum absolute atomic E-state index is 12.9. The van der Waals surface area contributed by atoms with Crippen LogP contribution in [0.25, 0.3) is 0 Å². The summed E-state index contributed by atoms with van der Waals surface area (Å²) in [6, 6.07) is 7.44. The summed E-state index contributed by atoms with van der Waals surface area (Å²) >= 11 is 0. The van der Waals surface area contributed by atoms with Gasteiger partial charge in [-0.15, -0.1) is 0 Å². The summed E-state index contributed by atoms with van der Waals surface area (Å²) in [6.45, 7) is 2.12. The van der Waals surface area contributed by atoms with Crippen LogP contribution in [0.2, 0.25) is 0 Å². The number of benzene rings is 1. The van der Waals surface area contributed by atoms with E-state index in [2.05, 4.69) is 4.98 Å². The van der Waals surface area contributed by atoms with Gasteiger partial charge in [-0.1, -0.05) is 6.07 Å². The molecule has 100 valence electrons. The fourth-order valence-electron chi connectivity index (χ4n) is 1.75. The van der Waals surface area contributed by atoms with E-state index >= 15 is 0 Å². The standard InChI is InChI=1S/C14H15FN2O2/c1-10-8-14(18)17(2)13(16-10)6-7-19-12-5-3-4-11(15)9-12/h3-5,8-9H,6-7H2,1-2H3. The molecule has 0 spiro atoms. The lowest BCUT2D eigenvalue weighted by Crippen LogP contribution is -2.23. The number of aromatic nitrogens is 2. The van der Waals surface area contributed by atoms with E-state index in [4.69, 9.17) is 4.74 Å². The minimum absolute atomic E-state index is 0.0896. The molecule has 1 aromatic carbocycles. The normalized spacial score (nSPS) is 10.5. The first-order valence-electron chi connectivity index (χ1n) is 5.98. The Kier molecular flexibility index (Phi) is 3.94. The van der Waals surface area contributed by atoms with E-state index in [-0.39, 0.29) is 11.4 Å². The van der Waals surface area contributed by atoms with E-state index < -0.39 is 0 Å². The Morgan fingerprint density at radius 3 is 2.89 bits per heavy atom. The first-order chi connectivity index (χ1) is 9.06. The highest BCUT2D eigenvalue weighted by Gasteiger charge is 2.04. The van der Waals surface area contributed by atoms with Gasteiger partial charge in [0.05, 0.1) is 6.61 Å². The van der Waals surface area contributed by atoms with Gasteiger partial charge >= 0.3 is 0 Å². The monoisotopic (exact) mass is 262 g/mol. The number of hydrogen-bond donors (Lipinski definition) is 0. The summed E-state index contributed by atoms with van der Waals surface area (Å²) < 4.78 is 19.9. The highest BCUT2D eigenvalue weighted by atomic mass is 19.1. The quantitative estimate of drug-likeness (QED) is 0.844. The predicted octanol–water partition coefficient (Wildman–Crippen LogP) is 1.85. The van der Waals surface area contributed by atoms with Gasteiger partial charge in [0.2, 0.25) is 0 Å². The summed E-state index contributed by atoms with van der Waals surface area (Å²) in [5, 5.41) is 0. The van der Waals surface area contributed by atoms with Crippen LogP contribution in [-0.2, 0) is 13.5 Å². The van der Waals surface area contributed by atoms with E-state index in [0.717, 1.165) is 0 Å². The van der Waals surface area contributed by atoms with Crippen LogP contribution in [0.3, 0.4) is 0 Å². The van der Waals surface area contributed by atoms with Crippen LogP contribution in [0.15, 0.2) is 35.1 Å². The van der Waals surface area contributed by atoms with Gasteiger partial charge in [-0.2, -0.15) is 0 Å². The lowest BCUT2D eigenvalue weighted by atomic mass is 10.3. The molecule has 2 rings (SSSR count). The van der Waals surface area contributed by atoms with Gasteiger partial charge in [0, 0.05) is 31.3 Å². The summed E-state index contributed by atoms with van der Waals surface area (Å²) in [5.74, 6) is 0.789. The smallest absolute Gasteiger partial charge is 0.253 e. The van der Waals surface area contributed by atoms with Crippen molar-refractivity contribution in [2.45, 2.75) is 13.3 Å². The fourth-order valence-corrected chi connectivity index (χ4v) is 1.75. The molecule has 0 aliphatic heterocycles. The van der Waals surface area contributed by atoms with Crippen LogP contribution in [0.4, 0.5) is 4.39 Å². The molecule has 0 aliphatic rings. The van der Waals surface area contributed by atoms with E-state index in [1.165, 1.54) is 22.8 Å². The van der Waals surface area contributed by atoms with Gasteiger partial charge in [-0.3, -0.25) is 9.36 Å². The molecule has 2 aromatic rings. The minimum atomic E-state index is -0.335. The Morgan fingerprint density at radius 2 is 2.16 bits per heavy atom. The van der Waals surface area contributed by atoms with Gasteiger partial charge in [0.1, 0.15) is 17.4 Å². The molecule has 0 saturated heterocycles. The first kappa shape index (κ1) is 13.3. The van der Waals surface area contributed by atoms with Crippen LogP contribution in [0.5, 0.6) is 5.75 Å². The Morgan fingerprint density at radius 1 is 1.37 bits per heavy atom. The van der Waals surface area contributed by atoms with Crippen molar-refractivity contribution >= 4 is 0 Å². The molecule has 1 heterocycles. The third-order valence-corrected chi connectivity index (χ3v) is 2.75. The number of hydrogen-bond acceptors (Lipinski definition) is 3. The van der Waals surface area contributed by atoms with Crippen LogP contribution >= 0.6 is 0 Å². The number of rotatable bonds is 4. The second-order valence-electron chi connectivity index (χ2n) is 4.27. The minimum Gasteiger partial charge on any atom is -0.493 e. The van der Waals surface area contributed by atoms with Gasteiger partial charge in [-0.25, -0.2) is 9.37 Å². The SMILES string of the molecule is Cc1cc(=O)n(C)c(CCOc2cccc(F)c2)n1. The van der Waals surface area contributed by atoms with Crippen LogP contribution in [0, 0.1) is 12.7 Å². The molecule has 0 unspecified atom stereocenters. The first-order valence-corrected chi connectivity index (χ1v) is 5.98. The average molecular weight is 262 g/mol. The van der Waals surface area contributed by atoms with E-state index in [9.17, 15) is 9.18 Å². The highest BCUT2D eigenvalue weighted by molar-refractivity contribution is 5.22. The summed E-state index contributed by atoms with van der Waals surface area (Å²) in [6.07, 6.45) is 0.490. The molecule has 0 fully saturated rings. The molecule has 0 radical (unpaired) electrons. The zero-order chi connectivity index (χ0) is 13.8. The maximum atomic E-state index is 12.9. The van der Waals surface area contributed by atoms with Crippen molar-refractivity contribution in [1.29, 1.82) is 0 Å². The van der Waals surface area contributed by atoms with Gasteiger partial charge in [0.25, 0.3) is 5.56 Å². The second-order valence-corrected chi connectivity index (χ2v) is 4.27. The lowest BCUT2D eigenvalue weighted by molar-refractivity contribution is 0.315. The Labute approximate surface area is 110 Å². The fraction of sp³-hybridized carbons (Fsp3) is 0.286. The Balaban J connectivity index is 2.02. The van der Waals surface area contributed by atoms with Crippen LogP contribution in [0.1, 0.15) is 11.5 Å². The molecule has 0 aliphatic carbocycles. The van der Waals surface area contributed by atoms with Gasteiger partial charge < -0.3 is 4.74 Å². The molecular formula is C14H15FN2O2. The number of nitrogens with zero attached hydrogens (tertiary/aromatic N) is 2. The average Bonchev–Trinajstić information content (AvgIpc) is 2.35. The number of ether oxygens (including phenoxy) is 1. The predicted molar refractivity (Wildman–Crippen MR) is 69.8 cm³/mol. The third-order valence-electron chi connectivity index (χ3n) is 2.75. The van der Waals surface area contributed by atoms with Crippen LogP contribution < -0.4 is 10.3 Å². The zero-order valence-electron chi connectivity index (χ0n) is 10.9. The third kappa shape index (κ3) is 3.40. The number of halogens is 1. The van der Waals surface area contributed by atoms with E-state index in [1.54, 1.807) is 26.1 Å². The van der Waals surface area contributed by atoms with Crippen molar-refractivity contribution in [3.63, 3.8) is 0 Å². The van der Waals surface area contributed by atoms with E-state index in [1.807, 2.05) is 0 Å². The largest absolute Gasteiger partial charge is 0.493 e. The molecule has 0 bridgehead atoms. The topological polar surface area (TPSA) is 44.1 Å². The summed E-state index contributed by atoms with van der Waals surface area (Å²) in [7, 11) is 1.67. The van der Waals surface area contributed by atoms with Gasteiger partial charge in [0.15, 0.2) is 0 Å². The highest BCUT2D eigenvalue weighted by Crippen LogP contribution is 2.12. The molecule has 0 amide bonds. The number of aryl methyl sites for hydroxylation is 1. The van der Waals surface area contributed by atoms with Crippen molar-refractivity contribution in [2.75, 3.05) is 6.61 Å². The second kappa shape index (κ2) is 5.65. The Bertz CT molecular complexity index is 638. The zero-order valence-corrected chi connectivity index (χ0v) is 10.9. The molecule has 0 saturated carbocycles. The molecular weight excluding hydrogens is 247 g/mol. The van der Waals surface area contributed by atoms with Crippen molar-refractivity contribution in [3.05, 3.63) is 58.0 Å². The summed E-state index contributed by atoms with van der Waals surface area (Å²) in [4.78, 5) is 15.9. The molecule has 1 aromatic heterocycles. The molecule has 4 nitrogen and oxygen atoms in total. The lowest BCUT2D eigenvalue weighted by Gasteiger charge is -2.09. The molecule has 0 N–H and O–H groups in total. The van der Waals surface area contributed by atoms with Crippen molar-refractivity contribution in [1.82, 2.24) is 9.55 Å². The molecule has 0 atom stereocenters. The van der Waals surface area contributed by atoms with E-state index in [0.29, 0.717) is 30.3 Å². The Hall–Kier alpha value is -2.17. The van der Waals surface area contributed by atoms with Crippen molar-refractivity contribution < 1.29 is 9.13 Å². The van der Waals surface area contributed by atoms with Crippen molar-refractivity contribution in [2.24, 2.45) is 7.05 Å². The molecule has 19 heavy (non-hydrogen) atoms. The van der Waals surface area contributed by atoms with Crippen molar-refractivity contribution in [3.8, 4) is 5.75 Å².